The van der Waals surface area contributed by atoms with Gasteiger partial charge < -0.3 is 16.0 Å². The summed E-state index contributed by atoms with van der Waals surface area (Å²) in [5, 5.41) is 9.64. The predicted molar refractivity (Wildman–Crippen MR) is 84.0 cm³/mol. The standard InChI is InChI=1S/C16H25N3O/c1-11(2)16(3,4)10-18-15(20)14-9-17-12-7-5-6-8-13(12)19-14/h5-8,11,14,17,19H,9-10H2,1-4H3,(H,18,20). The number of para-hydroxylation sites is 2. The molecule has 4 heteroatoms. The molecule has 1 aliphatic rings. The van der Waals surface area contributed by atoms with Crippen LogP contribution in [0.1, 0.15) is 27.7 Å². The van der Waals surface area contributed by atoms with Crippen LogP contribution in [-0.4, -0.2) is 25.0 Å². The fraction of sp³-hybridized carbons (Fsp3) is 0.562. The van der Waals surface area contributed by atoms with E-state index in [1.165, 1.54) is 0 Å². The largest absolute Gasteiger partial charge is 0.381 e. The van der Waals surface area contributed by atoms with Crippen molar-refractivity contribution in [1.29, 1.82) is 0 Å². The summed E-state index contributed by atoms with van der Waals surface area (Å²) in [5.74, 6) is 0.585. The van der Waals surface area contributed by atoms with E-state index in [0.29, 0.717) is 19.0 Å². The Morgan fingerprint density at radius 3 is 2.65 bits per heavy atom. The van der Waals surface area contributed by atoms with Gasteiger partial charge in [-0.3, -0.25) is 4.79 Å². The molecule has 3 N–H and O–H groups in total. The lowest BCUT2D eigenvalue weighted by Crippen LogP contribution is -2.48. The van der Waals surface area contributed by atoms with Crippen molar-refractivity contribution >= 4 is 17.3 Å². The molecule has 0 bridgehead atoms. The molecule has 0 aromatic heterocycles. The first kappa shape index (κ1) is 14.7. The van der Waals surface area contributed by atoms with Crippen LogP contribution in [0.15, 0.2) is 24.3 Å². The van der Waals surface area contributed by atoms with E-state index in [9.17, 15) is 4.79 Å². The van der Waals surface area contributed by atoms with Gasteiger partial charge in [-0.05, 0) is 23.5 Å². The summed E-state index contributed by atoms with van der Waals surface area (Å²) in [5.41, 5.74) is 2.15. The zero-order valence-corrected chi connectivity index (χ0v) is 12.8. The molecule has 20 heavy (non-hydrogen) atoms. The summed E-state index contributed by atoms with van der Waals surface area (Å²) in [7, 11) is 0. The molecule has 1 heterocycles. The number of hydrogen-bond donors (Lipinski definition) is 3. The van der Waals surface area contributed by atoms with E-state index in [-0.39, 0.29) is 17.4 Å². The molecule has 0 spiro atoms. The van der Waals surface area contributed by atoms with E-state index in [1.54, 1.807) is 0 Å². The van der Waals surface area contributed by atoms with Crippen molar-refractivity contribution in [2.45, 2.75) is 33.7 Å². The third-order valence-electron chi connectivity index (χ3n) is 4.35. The Balaban J connectivity index is 1.92. The molecule has 1 unspecified atom stereocenters. The summed E-state index contributed by atoms with van der Waals surface area (Å²) < 4.78 is 0. The van der Waals surface area contributed by atoms with Gasteiger partial charge in [0.05, 0.1) is 11.4 Å². The maximum Gasteiger partial charge on any atom is 0.244 e. The Hall–Kier alpha value is -1.71. The number of benzene rings is 1. The molecule has 4 nitrogen and oxygen atoms in total. The van der Waals surface area contributed by atoms with Crippen LogP contribution < -0.4 is 16.0 Å². The van der Waals surface area contributed by atoms with E-state index < -0.39 is 0 Å². The first-order chi connectivity index (χ1) is 9.40. The van der Waals surface area contributed by atoms with E-state index in [2.05, 4.69) is 43.6 Å². The second-order valence-electron chi connectivity index (χ2n) is 6.48. The average Bonchev–Trinajstić information content (AvgIpc) is 2.44. The van der Waals surface area contributed by atoms with Gasteiger partial charge in [0.25, 0.3) is 0 Å². The van der Waals surface area contributed by atoms with Gasteiger partial charge in [0, 0.05) is 13.1 Å². The highest BCUT2D eigenvalue weighted by Crippen LogP contribution is 2.26. The van der Waals surface area contributed by atoms with Crippen LogP contribution in [0.2, 0.25) is 0 Å². The molecule has 110 valence electrons. The summed E-state index contributed by atoms with van der Waals surface area (Å²) in [6.07, 6.45) is 0. The number of carbonyl (C=O) groups is 1. The fourth-order valence-electron chi connectivity index (χ4n) is 2.01. The Morgan fingerprint density at radius 2 is 2.00 bits per heavy atom. The zero-order valence-electron chi connectivity index (χ0n) is 12.8. The molecule has 0 fully saturated rings. The second kappa shape index (κ2) is 5.73. The minimum absolute atomic E-state index is 0.0562. The quantitative estimate of drug-likeness (QED) is 0.792. The van der Waals surface area contributed by atoms with Gasteiger partial charge in [0.2, 0.25) is 5.91 Å². The number of anilines is 2. The molecular weight excluding hydrogens is 250 g/mol. The Kier molecular flexibility index (Phi) is 4.21. The average molecular weight is 275 g/mol. The zero-order chi connectivity index (χ0) is 14.8. The van der Waals surface area contributed by atoms with Crippen LogP contribution in [0, 0.1) is 11.3 Å². The van der Waals surface area contributed by atoms with Crippen molar-refractivity contribution in [3.63, 3.8) is 0 Å². The minimum atomic E-state index is -0.215. The maximum absolute atomic E-state index is 12.3. The highest BCUT2D eigenvalue weighted by atomic mass is 16.2. The number of carbonyl (C=O) groups excluding carboxylic acids is 1. The molecule has 2 rings (SSSR count). The topological polar surface area (TPSA) is 53.2 Å². The van der Waals surface area contributed by atoms with Gasteiger partial charge in [0.1, 0.15) is 6.04 Å². The van der Waals surface area contributed by atoms with E-state index in [4.69, 9.17) is 0 Å². The number of amides is 1. The van der Waals surface area contributed by atoms with Gasteiger partial charge in [-0.2, -0.15) is 0 Å². The van der Waals surface area contributed by atoms with Crippen LogP contribution in [0.5, 0.6) is 0 Å². The normalized spacial score (nSPS) is 17.9. The first-order valence-electron chi connectivity index (χ1n) is 7.27. The van der Waals surface area contributed by atoms with E-state index >= 15 is 0 Å². The van der Waals surface area contributed by atoms with Crippen LogP contribution in [0.3, 0.4) is 0 Å². The SMILES string of the molecule is CC(C)C(C)(C)CNC(=O)C1CNc2ccccc2N1. The van der Waals surface area contributed by atoms with E-state index in [1.807, 2.05) is 24.3 Å². The summed E-state index contributed by atoms with van der Waals surface area (Å²) >= 11 is 0. The smallest absolute Gasteiger partial charge is 0.244 e. The van der Waals surface area contributed by atoms with Crippen molar-refractivity contribution in [1.82, 2.24) is 5.32 Å². The Morgan fingerprint density at radius 1 is 1.35 bits per heavy atom. The molecule has 1 aliphatic heterocycles. The minimum Gasteiger partial charge on any atom is -0.381 e. The Bertz CT molecular complexity index is 482. The summed E-state index contributed by atoms with van der Waals surface area (Å²) in [6, 6.07) is 7.74. The number of hydrogen-bond acceptors (Lipinski definition) is 3. The first-order valence-corrected chi connectivity index (χ1v) is 7.27. The van der Waals surface area contributed by atoms with Crippen molar-refractivity contribution in [2.75, 3.05) is 23.7 Å². The summed E-state index contributed by atoms with van der Waals surface area (Å²) in [6.45, 7) is 10.0. The molecule has 0 radical (unpaired) electrons. The second-order valence-corrected chi connectivity index (χ2v) is 6.48. The van der Waals surface area contributed by atoms with Crippen molar-refractivity contribution in [3.8, 4) is 0 Å². The lowest BCUT2D eigenvalue weighted by atomic mass is 9.81. The highest BCUT2D eigenvalue weighted by molar-refractivity contribution is 5.88. The number of rotatable bonds is 4. The number of fused-ring (bicyclic) bond motifs is 1. The monoisotopic (exact) mass is 275 g/mol. The Labute approximate surface area is 121 Å². The molecule has 1 aromatic rings. The molecule has 0 saturated carbocycles. The van der Waals surface area contributed by atoms with Crippen molar-refractivity contribution in [3.05, 3.63) is 24.3 Å². The number of nitrogens with one attached hydrogen (secondary N) is 3. The van der Waals surface area contributed by atoms with Gasteiger partial charge in [-0.25, -0.2) is 0 Å². The fourth-order valence-corrected chi connectivity index (χ4v) is 2.01. The molecule has 1 aromatic carbocycles. The maximum atomic E-state index is 12.3. The van der Waals surface area contributed by atoms with Crippen LogP contribution in [-0.2, 0) is 4.79 Å². The molecule has 0 aliphatic carbocycles. The van der Waals surface area contributed by atoms with Gasteiger partial charge in [0.15, 0.2) is 0 Å². The van der Waals surface area contributed by atoms with E-state index in [0.717, 1.165) is 11.4 Å². The molecular formula is C16H25N3O. The van der Waals surface area contributed by atoms with Gasteiger partial charge in [-0.1, -0.05) is 39.8 Å². The van der Waals surface area contributed by atoms with Crippen LogP contribution in [0.25, 0.3) is 0 Å². The summed E-state index contributed by atoms with van der Waals surface area (Å²) in [4.78, 5) is 12.3. The van der Waals surface area contributed by atoms with Crippen LogP contribution >= 0.6 is 0 Å². The lowest BCUT2D eigenvalue weighted by molar-refractivity contribution is -0.122. The van der Waals surface area contributed by atoms with Crippen LogP contribution in [0.4, 0.5) is 11.4 Å². The lowest BCUT2D eigenvalue weighted by Gasteiger charge is -2.32. The third-order valence-corrected chi connectivity index (χ3v) is 4.35. The molecule has 1 amide bonds. The highest BCUT2D eigenvalue weighted by Gasteiger charge is 2.27. The third kappa shape index (κ3) is 3.24. The van der Waals surface area contributed by atoms with Gasteiger partial charge in [-0.15, -0.1) is 0 Å². The van der Waals surface area contributed by atoms with Crippen molar-refractivity contribution < 1.29 is 4.79 Å². The van der Waals surface area contributed by atoms with Crippen molar-refractivity contribution in [2.24, 2.45) is 11.3 Å². The van der Waals surface area contributed by atoms with Gasteiger partial charge >= 0.3 is 0 Å². The molecule has 0 saturated heterocycles. The predicted octanol–water partition coefficient (Wildman–Crippen LogP) is 2.69. The molecule has 1 atom stereocenters.